The maximum absolute atomic E-state index is 11.8. The molecule has 4 nitrogen and oxygen atoms in total. The first-order valence-electron chi connectivity index (χ1n) is 5.92. The second kappa shape index (κ2) is 7.24. The number of hydrogen-bond acceptors (Lipinski definition) is 3. The Morgan fingerprint density at radius 2 is 2.22 bits per heavy atom. The third-order valence-corrected chi connectivity index (χ3v) is 3.00. The van der Waals surface area contributed by atoms with E-state index in [9.17, 15) is 9.90 Å². The fraction of sp³-hybridized carbons (Fsp3) is 0.462. The van der Waals surface area contributed by atoms with E-state index in [1.165, 1.54) is 18.2 Å². The fourth-order valence-corrected chi connectivity index (χ4v) is 1.73. The van der Waals surface area contributed by atoms with Gasteiger partial charge in [-0.3, -0.25) is 4.79 Å². The Kier molecular flexibility index (Phi) is 5.95. The quantitative estimate of drug-likeness (QED) is 0.695. The molecular formula is C13H18ClNO3. The largest absolute Gasteiger partial charge is 0.508 e. The van der Waals surface area contributed by atoms with Crippen LogP contribution in [-0.4, -0.2) is 29.3 Å². The van der Waals surface area contributed by atoms with E-state index in [4.69, 9.17) is 16.7 Å². The number of phenolic OH excluding ortho intramolecular Hbond substituents is 1. The number of carbonyl (C=O) groups is 1. The Morgan fingerprint density at radius 1 is 1.50 bits per heavy atom. The van der Waals surface area contributed by atoms with Crippen LogP contribution in [-0.2, 0) is 0 Å². The van der Waals surface area contributed by atoms with Crippen molar-refractivity contribution < 1.29 is 15.0 Å². The number of nitrogens with one attached hydrogen (secondary N) is 1. The molecule has 1 aromatic rings. The van der Waals surface area contributed by atoms with Gasteiger partial charge in [-0.2, -0.15) is 0 Å². The van der Waals surface area contributed by atoms with Crippen molar-refractivity contribution in [3.8, 4) is 5.75 Å². The van der Waals surface area contributed by atoms with Gasteiger partial charge in [0.05, 0.1) is 10.6 Å². The van der Waals surface area contributed by atoms with Crippen molar-refractivity contribution in [3.05, 3.63) is 28.8 Å². The average molecular weight is 272 g/mol. The Hall–Kier alpha value is -1.26. The van der Waals surface area contributed by atoms with Crippen molar-refractivity contribution in [2.45, 2.75) is 19.8 Å². The first-order chi connectivity index (χ1) is 8.54. The number of rotatable bonds is 6. The van der Waals surface area contributed by atoms with Crippen LogP contribution in [0.5, 0.6) is 5.75 Å². The molecule has 100 valence electrons. The standard InChI is InChI=1S/C13H18ClNO3/c1-9(8-16)3-2-6-15-13(18)11-7-10(17)4-5-12(11)14/h4-5,7,9,16-17H,2-3,6,8H2,1H3,(H,15,18). The molecule has 3 N–H and O–H groups in total. The molecule has 1 rings (SSSR count). The highest BCUT2D eigenvalue weighted by atomic mass is 35.5. The minimum absolute atomic E-state index is 0.0125. The Bertz CT molecular complexity index is 409. The molecule has 1 amide bonds. The van der Waals surface area contributed by atoms with Gasteiger partial charge in [0.2, 0.25) is 0 Å². The summed E-state index contributed by atoms with van der Waals surface area (Å²) in [5.74, 6) is -0.0442. The normalized spacial score (nSPS) is 12.2. The van der Waals surface area contributed by atoms with Gasteiger partial charge in [0, 0.05) is 13.2 Å². The second-order valence-corrected chi connectivity index (χ2v) is 4.76. The van der Waals surface area contributed by atoms with Crippen molar-refractivity contribution in [2.24, 2.45) is 5.92 Å². The number of phenols is 1. The molecule has 5 heteroatoms. The molecule has 0 bridgehead atoms. The highest BCUT2D eigenvalue weighted by Crippen LogP contribution is 2.20. The molecule has 0 spiro atoms. The Labute approximate surface area is 112 Å². The Morgan fingerprint density at radius 3 is 2.89 bits per heavy atom. The summed E-state index contributed by atoms with van der Waals surface area (Å²) >= 11 is 5.87. The number of halogens is 1. The predicted molar refractivity (Wildman–Crippen MR) is 70.9 cm³/mol. The van der Waals surface area contributed by atoms with Crippen LogP contribution in [0.4, 0.5) is 0 Å². The number of amides is 1. The van der Waals surface area contributed by atoms with Crippen LogP contribution in [0.2, 0.25) is 5.02 Å². The van der Waals surface area contributed by atoms with Gasteiger partial charge in [0.25, 0.3) is 5.91 Å². The lowest BCUT2D eigenvalue weighted by atomic mass is 10.1. The number of aliphatic hydroxyl groups excluding tert-OH is 1. The van der Waals surface area contributed by atoms with Crippen molar-refractivity contribution in [3.63, 3.8) is 0 Å². The van der Waals surface area contributed by atoms with Crippen LogP contribution >= 0.6 is 11.6 Å². The first-order valence-corrected chi connectivity index (χ1v) is 6.30. The lowest BCUT2D eigenvalue weighted by Gasteiger charge is -2.09. The molecule has 0 aliphatic rings. The molecule has 0 radical (unpaired) electrons. The van der Waals surface area contributed by atoms with E-state index in [0.29, 0.717) is 11.6 Å². The molecule has 0 fully saturated rings. The van der Waals surface area contributed by atoms with Gasteiger partial charge in [-0.1, -0.05) is 18.5 Å². The van der Waals surface area contributed by atoms with Gasteiger partial charge in [-0.15, -0.1) is 0 Å². The minimum atomic E-state index is -0.299. The van der Waals surface area contributed by atoms with Crippen LogP contribution in [0, 0.1) is 5.92 Å². The lowest BCUT2D eigenvalue weighted by Crippen LogP contribution is -2.25. The molecular weight excluding hydrogens is 254 g/mol. The zero-order chi connectivity index (χ0) is 13.5. The molecule has 1 atom stereocenters. The summed E-state index contributed by atoms with van der Waals surface area (Å²) in [5.41, 5.74) is 0.270. The van der Waals surface area contributed by atoms with Gasteiger partial charge < -0.3 is 15.5 Å². The monoisotopic (exact) mass is 271 g/mol. The van der Waals surface area contributed by atoms with Gasteiger partial charge in [0.15, 0.2) is 0 Å². The number of hydrogen-bond donors (Lipinski definition) is 3. The number of aliphatic hydroxyl groups is 1. The summed E-state index contributed by atoms with van der Waals surface area (Å²) in [6.07, 6.45) is 1.65. The first kappa shape index (κ1) is 14.8. The van der Waals surface area contributed by atoms with Gasteiger partial charge >= 0.3 is 0 Å². The molecule has 0 saturated heterocycles. The predicted octanol–water partition coefficient (Wildman–Crippen LogP) is 2.18. The molecule has 0 aromatic heterocycles. The highest BCUT2D eigenvalue weighted by Gasteiger charge is 2.10. The SMILES string of the molecule is CC(CO)CCCNC(=O)c1cc(O)ccc1Cl. The molecule has 0 heterocycles. The van der Waals surface area contributed by atoms with E-state index in [0.717, 1.165) is 12.8 Å². The smallest absolute Gasteiger partial charge is 0.252 e. The fourth-order valence-electron chi connectivity index (χ4n) is 1.53. The summed E-state index contributed by atoms with van der Waals surface area (Å²) < 4.78 is 0. The van der Waals surface area contributed by atoms with Crippen LogP contribution in [0.15, 0.2) is 18.2 Å². The lowest BCUT2D eigenvalue weighted by molar-refractivity contribution is 0.0952. The molecule has 1 aromatic carbocycles. The van der Waals surface area contributed by atoms with Crippen LogP contribution < -0.4 is 5.32 Å². The molecule has 18 heavy (non-hydrogen) atoms. The summed E-state index contributed by atoms with van der Waals surface area (Å²) in [7, 11) is 0. The zero-order valence-electron chi connectivity index (χ0n) is 10.3. The van der Waals surface area contributed by atoms with E-state index in [2.05, 4.69) is 5.32 Å². The second-order valence-electron chi connectivity index (χ2n) is 4.35. The van der Waals surface area contributed by atoms with Gasteiger partial charge in [0.1, 0.15) is 5.75 Å². The number of aromatic hydroxyl groups is 1. The van der Waals surface area contributed by atoms with Crippen LogP contribution in [0.25, 0.3) is 0 Å². The third-order valence-electron chi connectivity index (χ3n) is 2.67. The summed E-state index contributed by atoms with van der Waals surface area (Å²) in [4.78, 5) is 11.8. The average Bonchev–Trinajstić information content (AvgIpc) is 2.36. The number of carbonyl (C=O) groups excluding carboxylic acids is 1. The van der Waals surface area contributed by atoms with Crippen molar-refractivity contribution in [1.82, 2.24) is 5.32 Å². The molecule has 0 saturated carbocycles. The maximum Gasteiger partial charge on any atom is 0.252 e. The van der Waals surface area contributed by atoms with Crippen LogP contribution in [0.1, 0.15) is 30.1 Å². The van der Waals surface area contributed by atoms with Crippen molar-refractivity contribution in [2.75, 3.05) is 13.2 Å². The summed E-state index contributed by atoms with van der Waals surface area (Å²) in [5, 5.41) is 21.2. The summed E-state index contributed by atoms with van der Waals surface area (Å²) in [6, 6.07) is 4.26. The van der Waals surface area contributed by atoms with E-state index in [-0.39, 0.29) is 29.7 Å². The van der Waals surface area contributed by atoms with E-state index in [1.54, 1.807) is 0 Å². The highest BCUT2D eigenvalue weighted by molar-refractivity contribution is 6.33. The minimum Gasteiger partial charge on any atom is -0.508 e. The van der Waals surface area contributed by atoms with Crippen molar-refractivity contribution >= 4 is 17.5 Å². The zero-order valence-corrected chi connectivity index (χ0v) is 11.1. The molecule has 1 unspecified atom stereocenters. The summed E-state index contributed by atoms with van der Waals surface area (Å²) in [6.45, 7) is 2.63. The van der Waals surface area contributed by atoms with E-state index in [1.807, 2.05) is 6.92 Å². The van der Waals surface area contributed by atoms with Gasteiger partial charge in [-0.05, 0) is 37.0 Å². The van der Waals surface area contributed by atoms with E-state index >= 15 is 0 Å². The molecule has 0 aliphatic carbocycles. The maximum atomic E-state index is 11.8. The van der Waals surface area contributed by atoms with E-state index < -0.39 is 0 Å². The van der Waals surface area contributed by atoms with Gasteiger partial charge in [-0.25, -0.2) is 0 Å². The third kappa shape index (κ3) is 4.55. The van der Waals surface area contributed by atoms with Crippen LogP contribution in [0.3, 0.4) is 0 Å². The topological polar surface area (TPSA) is 69.6 Å². The Balaban J connectivity index is 2.43. The number of benzene rings is 1. The van der Waals surface area contributed by atoms with Crippen molar-refractivity contribution in [1.29, 1.82) is 0 Å². The molecule has 0 aliphatic heterocycles.